The van der Waals surface area contributed by atoms with Crippen LogP contribution in [-0.2, 0) is 85.4 Å². The Hall–Kier alpha value is -1.62. The van der Waals surface area contributed by atoms with E-state index in [1.165, 1.54) is 0 Å². The Balaban J connectivity index is 3.17. The quantitative estimate of drug-likeness (QED) is 0.0602. The molecule has 0 spiro atoms. The first-order valence-corrected chi connectivity index (χ1v) is 24.0. The van der Waals surface area contributed by atoms with Crippen LogP contribution in [0.15, 0.2) is 0 Å². The highest BCUT2D eigenvalue weighted by Crippen LogP contribution is 2.15. The van der Waals surface area contributed by atoms with Crippen LogP contribution in [0.5, 0.6) is 0 Å². The molecule has 0 rings (SSSR count). The van der Waals surface area contributed by atoms with E-state index in [2.05, 4.69) is 13.8 Å². The summed E-state index contributed by atoms with van der Waals surface area (Å²) in [7, 11) is 0. The summed E-state index contributed by atoms with van der Waals surface area (Å²) >= 11 is 0. The standard InChI is InChI=1S/C46H90O18/c1-5-9-11-43(7-3)45(47)63-41-39-61-37-35-59-33-31-57-29-27-55-25-23-53-21-19-51-17-15-49-13-14-50-16-18-52-20-22-54-24-26-56-28-30-58-32-34-60-36-38-62-40-42-64-46(48)44(8-4)12-10-6-2/h43-44H,5-42H2,1-4H3. The molecule has 0 aromatic rings. The molecule has 2 unspecified atom stereocenters. The van der Waals surface area contributed by atoms with E-state index < -0.39 is 0 Å². The fourth-order valence-corrected chi connectivity index (χ4v) is 5.48. The Bertz CT molecular complexity index is 863. The van der Waals surface area contributed by atoms with Gasteiger partial charge in [0.2, 0.25) is 0 Å². The minimum atomic E-state index is -0.125. The molecular weight excluding hydrogens is 840 g/mol. The van der Waals surface area contributed by atoms with E-state index >= 15 is 0 Å². The molecule has 0 N–H and O–H groups in total. The normalized spacial score (nSPS) is 12.5. The van der Waals surface area contributed by atoms with Crippen molar-refractivity contribution < 1.29 is 85.4 Å². The largest absolute Gasteiger partial charge is 0.463 e. The van der Waals surface area contributed by atoms with E-state index in [0.717, 1.165) is 51.4 Å². The molecule has 0 aromatic heterocycles. The second kappa shape index (κ2) is 54.0. The maximum Gasteiger partial charge on any atom is 0.308 e. The number of ether oxygens (including phenoxy) is 16. The lowest BCUT2D eigenvalue weighted by molar-refractivity contribution is -0.151. The Labute approximate surface area is 385 Å². The Morgan fingerprint density at radius 2 is 0.422 bits per heavy atom. The van der Waals surface area contributed by atoms with E-state index in [9.17, 15) is 9.59 Å². The van der Waals surface area contributed by atoms with Crippen molar-refractivity contribution in [2.45, 2.75) is 79.1 Å². The zero-order chi connectivity index (χ0) is 46.5. The number of esters is 2. The van der Waals surface area contributed by atoms with Crippen LogP contribution in [0, 0.1) is 11.8 Å². The molecule has 0 aliphatic rings. The third-order valence-corrected chi connectivity index (χ3v) is 9.24. The smallest absolute Gasteiger partial charge is 0.308 e. The van der Waals surface area contributed by atoms with Crippen LogP contribution < -0.4 is 0 Å². The molecule has 0 radical (unpaired) electrons. The van der Waals surface area contributed by atoms with Crippen molar-refractivity contribution in [1.29, 1.82) is 0 Å². The van der Waals surface area contributed by atoms with Gasteiger partial charge in [-0.15, -0.1) is 0 Å². The van der Waals surface area contributed by atoms with Gasteiger partial charge in [-0.05, 0) is 25.7 Å². The highest BCUT2D eigenvalue weighted by molar-refractivity contribution is 5.72. The minimum Gasteiger partial charge on any atom is -0.463 e. The molecule has 18 heteroatoms. The summed E-state index contributed by atoms with van der Waals surface area (Å²) in [5.74, 6) is -0.269. The van der Waals surface area contributed by atoms with E-state index in [-0.39, 0.29) is 37.0 Å². The van der Waals surface area contributed by atoms with Gasteiger partial charge in [-0.1, -0.05) is 53.4 Å². The van der Waals surface area contributed by atoms with Crippen LogP contribution in [0.25, 0.3) is 0 Å². The van der Waals surface area contributed by atoms with Crippen LogP contribution in [0.2, 0.25) is 0 Å². The van der Waals surface area contributed by atoms with E-state index in [1.807, 2.05) is 13.8 Å². The molecule has 2 atom stereocenters. The van der Waals surface area contributed by atoms with Gasteiger partial charge in [0.05, 0.1) is 197 Å². The summed E-state index contributed by atoms with van der Waals surface area (Å²) in [6.07, 6.45) is 7.63. The zero-order valence-corrected chi connectivity index (χ0v) is 40.4. The average molecular weight is 931 g/mol. The van der Waals surface area contributed by atoms with Crippen LogP contribution in [0.1, 0.15) is 79.1 Å². The van der Waals surface area contributed by atoms with Crippen LogP contribution in [0.4, 0.5) is 0 Å². The predicted molar refractivity (Wildman–Crippen MR) is 240 cm³/mol. The van der Waals surface area contributed by atoms with Crippen LogP contribution in [0.3, 0.4) is 0 Å². The first-order valence-electron chi connectivity index (χ1n) is 24.0. The lowest BCUT2D eigenvalue weighted by Gasteiger charge is -2.13. The van der Waals surface area contributed by atoms with Crippen LogP contribution >= 0.6 is 0 Å². The van der Waals surface area contributed by atoms with Gasteiger partial charge in [0.15, 0.2) is 0 Å². The van der Waals surface area contributed by atoms with Gasteiger partial charge in [0.1, 0.15) is 13.2 Å². The molecular formula is C46H90O18. The monoisotopic (exact) mass is 931 g/mol. The average Bonchev–Trinajstić information content (AvgIpc) is 3.30. The van der Waals surface area contributed by atoms with Gasteiger partial charge >= 0.3 is 11.9 Å². The molecule has 0 aliphatic carbocycles. The molecule has 0 bridgehead atoms. The number of unbranched alkanes of at least 4 members (excludes halogenated alkanes) is 2. The van der Waals surface area contributed by atoms with Crippen molar-refractivity contribution in [3.63, 3.8) is 0 Å². The summed E-state index contributed by atoms with van der Waals surface area (Å²) in [4.78, 5) is 24.1. The number of carbonyl (C=O) groups excluding carboxylic acids is 2. The van der Waals surface area contributed by atoms with Crippen molar-refractivity contribution >= 4 is 11.9 Å². The van der Waals surface area contributed by atoms with Crippen molar-refractivity contribution in [3.8, 4) is 0 Å². The number of carbonyl (C=O) groups is 2. The third kappa shape index (κ3) is 46.9. The van der Waals surface area contributed by atoms with Gasteiger partial charge < -0.3 is 75.8 Å². The number of rotatable bonds is 55. The lowest BCUT2D eigenvalue weighted by atomic mass is 10.00. The molecule has 0 heterocycles. The second-order valence-corrected chi connectivity index (χ2v) is 14.4. The molecule has 0 amide bonds. The fourth-order valence-electron chi connectivity index (χ4n) is 5.48. The van der Waals surface area contributed by atoms with E-state index in [0.29, 0.717) is 185 Å². The Morgan fingerprint density at radius 1 is 0.266 bits per heavy atom. The van der Waals surface area contributed by atoms with Gasteiger partial charge in [-0.2, -0.15) is 0 Å². The first-order chi connectivity index (χ1) is 31.6. The molecule has 0 aliphatic heterocycles. The maximum absolute atomic E-state index is 12.0. The summed E-state index contributed by atoms with van der Waals surface area (Å²) in [6.45, 7) is 22.0. The molecule has 0 saturated carbocycles. The number of hydrogen-bond acceptors (Lipinski definition) is 18. The summed E-state index contributed by atoms with van der Waals surface area (Å²) < 4.78 is 87.5. The summed E-state index contributed by atoms with van der Waals surface area (Å²) in [5.41, 5.74) is 0. The van der Waals surface area contributed by atoms with Crippen molar-refractivity contribution in [2.75, 3.05) is 198 Å². The first kappa shape index (κ1) is 62.4. The topological polar surface area (TPSA) is 182 Å². The molecule has 0 fully saturated rings. The highest BCUT2D eigenvalue weighted by atomic mass is 16.6. The zero-order valence-electron chi connectivity index (χ0n) is 40.4. The lowest BCUT2D eigenvalue weighted by Crippen LogP contribution is -2.20. The van der Waals surface area contributed by atoms with Crippen molar-refractivity contribution in [1.82, 2.24) is 0 Å². The summed E-state index contributed by atoms with van der Waals surface area (Å²) in [5, 5.41) is 0. The molecule has 0 aromatic carbocycles. The second-order valence-electron chi connectivity index (χ2n) is 14.4. The summed E-state index contributed by atoms with van der Waals surface area (Å²) in [6, 6.07) is 0. The molecule has 382 valence electrons. The highest BCUT2D eigenvalue weighted by Gasteiger charge is 2.18. The number of hydrogen-bond donors (Lipinski definition) is 0. The van der Waals surface area contributed by atoms with E-state index in [4.69, 9.17) is 75.8 Å². The molecule has 18 nitrogen and oxygen atoms in total. The van der Waals surface area contributed by atoms with Crippen molar-refractivity contribution in [3.05, 3.63) is 0 Å². The predicted octanol–water partition coefficient (Wildman–Crippen LogP) is 4.74. The van der Waals surface area contributed by atoms with Gasteiger partial charge in [-0.25, -0.2) is 0 Å². The van der Waals surface area contributed by atoms with Crippen LogP contribution in [-0.4, -0.2) is 210 Å². The van der Waals surface area contributed by atoms with E-state index in [1.54, 1.807) is 0 Å². The Kier molecular flexibility index (Phi) is 52.6. The van der Waals surface area contributed by atoms with Gasteiger partial charge in [0.25, 0.3) is 0 Å². The van der Waals surface area contributed by atoms with Crippen molar-refractivity contribution in [2.24, 2.45) is 11.8 Å². The Morgan fingerprint density at radius 3 is 0.562 bits per heavy atom. The molecule has 0 saturated heterocycles. The fraction of sp³-hybridized carbons (Fsp3) is 0.957. The van der Waals surface area contributed by atoms with Gasteiger partial charge in [0, 0.05) is 0 Å². The third-order valence-electron chi connectivity index (χ3n) is 9.24. The SMILES string of the molecule is CCCCC(CC)C(=O)OCCOCCOCCOCCOCCOCCOCCOCCOCCOCCOCCOCCOCCOCCOCCOC(=O)C(CC)CCCC. The molecule has 64 heavy (non-hydrogen) atoms. The maximum atomic E-state index is 12.0. The van der Waals surface area contributed by atoms with Gasteiger partial charge in [-0.3, -0.25) is 9.59 Å². The minimum absolute atomic E-state index is 0.0102.